The molecule has 0 radical (unpaired) electrons. The Hall–Kier alpha value is -2.11. The van der Waals surface area contributed by atoms with Crippen LogP contribution in [0.2, 0.25) is 0 Å². The van der Waals surface area contributed by atoms with E-state index in [1.54, 1.807) is 0 Å². The van der Waals surface area contributed by atoms with Gasteiger partial charge in [0.25, 0.3) is 0 Å². The summed E-state index contributed by atoms with van der Waals surface area (Å²) in [6.07, 6.45) is 0.780. The van der Waals surface area contributed by atoms with Crippen molar-refractivity contribution in [2.75, 3.05) is 0 Å². The highest BCUT2D eigenvalue weighted by Gasteiger charge is 2.22. The summed E-state index contributed by atoms with van der Waals surface area (Å²) in [5.74, 6) is 0. The molecule has 0 heterocycles. The van der Waals surface area contributed by atoms with E-state index in [0.717, 1.165) is 16.8 Å². The van der Waals surface area contributed by atoms with Crippen LogP contribution in [0.4, 0.5) is 0 Å². The maximum absolute atomic E-state index is 9.32. The summed E-state index contributed by atoms with van der Waals surface area (Å²) in [6.45, 7) is 2.11. The summed E-state index contributed by atoms with van der Waals surface area (Å²) in [4.78, 5) is 0. The van der Waals surface area contributed by atoms with E-state index in [9.17, 15) is 5.16 Å². The monoisotopic (exact) mass is 305 g/mol. The Morgan fingerprint density at radius 1 is 0.727 bits per heavy atom. The smallest absolute Gasteiger partial charge is 0.0279 e. The third-order valence-electron chi connectivity index (χ3n) is 3.90. The molecule has 0 aliphatic rings. The summed E-state index contributed by atoms with van der Waals surface area (Å²) in [6, 6.07) is 29.1. The van der Waals surface area contributed by atoms with Crippen molar-refractivity contribution in [3.05, 3.63) is 96.1 Å². The zero-order chi connectivity index (χ0) is 15.4. The van der Waals surface area contributed by atoms with Gasteiger partial charge in [-0.1, -0.05) is 90.5 Å². The van der Waals surface area contributed by atoms with Crippen LogP contribution in [-0.4, -0.2) is 0 Å². The van der Waals surface area contributed by atoms with Crippen molar-refractivity contribution in [2.45, 2.75) is 13.1 Å². The van der Waals surface area contributed by atoms with Crippen molar-refractivity contribution in [1.82, 2.24) is 0 Å². The van der Waals surface area contributed by atoms with Gasteiger partial charge in [0, 0.05) is 13.2 Å². The Labute approximate surface area is 132 Å². The van der Waals surface area contributed by atoms with E-state index in [1.807, 2.05) is 36.4 Å². The first-order valence-electron chi connectivity index (χ1n) is 7.48. The topological polar surface area (TPSA) is 23.9 Å². The molecule has 3 aromatic rings. The minimum atomic E-state index is -2.17. The van der Waals surface area contributed by atoms with Gasteiger partial charge in [-0.2, -0.15) is 0 Å². The maximum atomic E-state index is 9.32. The van der Waals surface area contributed by atoms with Gasteiger partial charge in [0.2, 0.25) is 0 Å². The number of nitrogens with one attached hydrogen (secondary N) is 1. The molecule has 0 amide bonds. The summed E-state index contributed by atoms with van der Waals surface area (Å²) in [5, 5.41) is 11.6. The van der Waals surface area contributed by atoms with E-state index >= 15 is 0 Å². The molecule has 0 saturated heterocycles. The zero-order valence-electron chi connectivity index (χ0n) is 12.7. The van der Waals surface area contributed by atoms with Gasteiger partial charge in [0.05, 0.1) is 0 Å². The van der Waals surface area contributed by atoms with Crippen LogP contribution in [0.25, 0.3) is 0 Å². The largest absolute Gasteiger partial charge is 0.309 e. The Morgan fingerprint density at radius 3 is 1.77 bits per heavy atom. The van der Waals surface area contributed by atoms with Crippen LogP contribution >= 0.6 is 7.05 Å². The molecule has 0 aromatic heterocycles. The maximum Gasteiger partial charge on any atom is 0.0279 e. The minimum absolute atomic E-state index is 0.780. The number of aryl methyl sites for hydroxylation is 1. The van der Waals surface area contributed by atoms with Crippen LogP contribution in [0.3, 0.4) is 0 Å². The Kier molecular flexibility index (Phi) is 4.27. The van der Waals surface area contributed by atoms with Gasteiger partial charge in [-0.25, -0.2) is 0 Å². The van der Waals surface area contributed by atoms with Crippen molar-refractivity contribution in [2.24, 2.45) is 0 Å². The third-order valence-corrected chi connectivity index (χ3v) is 7.10. The Bertz CT molecular complexity index is 751. The van der Waals surface area contributed by atoms with Gasteiger partial charge < -0.3 is 5.16 Å². The highest BCUT2D eigenvalue weighted by Crippen LogP contribution is 2.47. The first kappa shape index (κ1) is 14.8. The lowest BCUT2D eigenvalue weighted by Gasteiger charge is -2.24. The van der Waals surface area contributed by atoms with Crippen LogP contribution in [0.5, 0.6) is 0 Å². The average Bonchev–Trinajstić information content (AvgIpc) is 2.56. The van der Waals surface area contributed by atoms with Crippen molar-refractivity contribution < 1.29 is 0 Å². The van der Waals surface area contributed by atoms with E-state index in [1.165, 1.54) is 11.1 Å². The Morgan fingerprint density at radius 2 is 1.27 bits per heavy atom. The van der Waals surface area contributed by atoms with E-state index in [4.69, 9.17) is 0 Å². The zero-order valence-corrected chi connectivity index (χ0v) is 13.6. The van der Waals surface area contributed by atoms with Crippen LogP contribution in [0.15, 0.2) is 84.9 Å². The molecule has 0 atom stereocenters. The van der Waals surface area contributed by atoms with Crippen LogP contribution < -0.4 is 10.6 Å². The quantitative estimate of drug-likeness (QED) is 0.661. The van der Waals surface area contributed by atoms with Gasteiger partial charge in [-0.05, 0) is 23.1 Å². The molecule has 0 unspecified atom stereocenters. The molecule has 0 aliphatic carbocycles. The van der Waals surface area contributed by atoms with E-state index < -0.39 is 7.05 Å². The molecule has 1 N–H and O–H groups in total. The van der Waals surface area contributed by atoms with Gasteiger partial charge in [-0.15, -0.1) is 0 Å². The minimum Gasteiger partial charge on any atom is -0.309 e. The molecular weight excluding hydrogens is 285 g/mol. The SMILES string of the molecule is Cc1cccc(CP(=N)(c2ccccc2)c2ccccc2)c1. The van der Waals surface area contributed by atoms with Crippen molar-refractivity contribution in [3.63, 3.8) is 0 Å². The first-order chi connectivity index (χ1) is 10.7. The molecule has 22 heavy (non-hydrogen) atoms. The summed E-state index contributed by atoms with van der Waals surface area (Å²) < 4.78 is 0. The Balaban J connectivity index is 2.10. The molecule has 3 aromatic carbocycles. The third kappa shape index (κ3) is 3.05. The second kappa shape index (κ2) is 6.34. The summed E-state index contributed by atoms with van der Waals surface area (Å²) in [7, 11) is -2.17. The lowest BCUT2D eigenvalue weighted by molar-refractivity contribution is 1.33. The molecule has 110 valence electrons. The second-order valence-electron chi connectivity index (χ2n) is 5.63. The summed E-state index contributed by atoms with van der Waals surface area (Å²) in [5.41, 5.74) is 2.50. The number of hydrogen-bond donors (Lipinski definition) is 1. The normalized spacial score (nSPS) is 11.3. The van der Waals surface area contributed by atoms with Gasteiger partial charge in [0.15, 0.2) is 0 Å². The van der Waals surface area contributed by atoms with Gasteiger partial charge in [0.1, 0.15) is 0 Å². The van der Waals surface area contributed by atoms with Crippen LogP contribution in [0, 0.1) is 12.1 Å². The molecule has 0 aliphatic heterocycles. The molecule has 0 fully saturated rings. The highest BCUT2D eigenvalue weighted by molar-refractivity contribution is 7.79. The van der Waals surface area contributed by atoms with E-state index in [0.29, 0.717) is 0 Å². The molecule has 2 heteroatoms. The van der Waals surface area contributed by atoms with Crippen molar-refractivity contribution in [1.29, 1.82) is 5.16 Å². The second-order valence-corrected chi connectivity index (χ2v) is 8.60. The lowest BCUT2D eigenvalue weighted by Crippen LogP contribution is -2.17. The van der Waals surface area contributed by atoms with Crippen LogP contribution in [0.1, 0.15) is 11.1 Å². The summed E-state index contributed by atoms with van der Waals surface area (Å²) >= 11 is 0. The van der Waals surface area contributed by atoms with E-state index in [2.05, 4.69) is 55.5 Å². The first-order valence-corrected chi connectivity index (χ1v) is 9.46. The number of hydrogen-bond acceptors (Lipinski definition) is 1. The van der Waals surface area contributed by atoms with Crippen LogP contribution in [-0.2, 0) is 6.16 Å². The fourth-order valence-corrected chi connectivity index (χ4v) is 5.55. The predicted molar refractivity (Wildman–Crippen MR) is 96.7 cm³/mol. The molecule has 0 bridgehead atoms. The van der Waals surface area contributed by atoms with Crippen molar-refractivity contribution >= 4 is 17.7 Å². The standard InChI is InChI=1S/C20H20NP/c1-17-9-8-10-18(15-17)16-22(21,19-11-4-2-5-12-19)20-13-6-3-7-14-20/h2-15,21H,16H2,1H3. The molecule has 3 rings (SSSR count). The van der Waals surface area contributed by atoms with E-state index in [-0.39, 0.29) is 0 Å². The number of benzene rings is 3. The fraction of sp³-hybridized carbons (Fsp3) is 0.100. The fourth-order valence-electron chi connectivity index (χ4n) is 2.78. The van der Waals surface area contributed by atoms with Crippen molar-refractivity contribution in [3.8, 4) is 0 Å². The highest BCUT2D eigenvalue weighted by atomic mass is 31.2. The predicted octanol–water partition coefficient (Wildman–Crippen LogP) is 4.93. The van der Waals surface area contributed by atoms with Gasteiger partial charge >= 0.3 is 0 Å². The average molecular weight is 305 g/mol. The lowest BCUT2D eigenvalue weighted by atomic mass is 10.2. The number of rotatable bonds is 4. The molecule has 0 spiro atoms. The molecule has 1 nitrogen and oxygen atoms in total. The van der Waals surface area contributed by atoms with Gasteiger partial charge in [-0.3, -0.25) is 0 Å². The molecular formula is C20H20NP. The molecule has 0 saturated carbocycles.